The van der Waals surface area contributed by atoms with Crippen molar-refractivity contribution in [3.05, 3.63) is 23.5 Å². The van der Waals surface area contributed by atoms with Gasteiger partial charge in [0.1, 0.15) is 10.7 Å². The van der Waals surface area contributed by atoms with Gasteiger partial charge in [-0.15, -0.1) is 11.3 Å². The first-order valence-electron chi connectivity index (χ1n) is 3.73. The minimum Gasteiger partial charge on any atom is -0.369 e. The molecule has 13 heavy (non-hydrogen) atoms. The molecule has 0 unspecified atom stereocenters. The van der Waals surface area contributed by atoms with Crippen LogP contribution in [-0.2, 0) is 11.2 Å². The van der Waals surface area contributed by atoms with Crippen LogP contribution in [-0.4, -0.2) is 15.9 Å². The topological polar surface area (TPSA) is 68.9 Å². The highest BCUT2D eigenvalue weighted by Crippen LogP contribution is 2.16. The van der Waals surface area contributed by atoms with Crippen molar-refractivity contribution in [3.63, 3.8) is 0 Å². The quantitative estimate of drug-likeness (QED) is 0.764. The Labute approximate surface area is 78.4 Å². The zero-order valence-corrected chi connectivity index (χ0v) is 7.54. The van der Waals surface area contributed by atoms with Crippen LogP contribution in [0.15, 0.2) is 17.6 Å². The summed E-state index contributed by atoms with van der Waals surface area (Å²) >= 11 is 1.53. The van der Waals surface area contributed by atoms with E-state index in [1.165, 1.54) is 11.3 Å². The molecule has 0 atom stereocenters. The number of carbonyl (C=O) groups excluding carboxylic acids is 1. The van der Waals surface area contributed by atoms with Gasteiger partial charge >= 0.3 is 0 Å². The van der Waals surface area contributed by atoms with Crippen molar-refractivity contribution in [3.8, 4) is 0 Å². The molecule has 2 heterocycles. The van der Waals surface area contributed by atoms with Gasteiger partial charge in [-0.05, 0) is 11.4 Å². The van der Waals surface area contributed by atoms with Crippen molar-refractivity contribution in [1.82, 2.24) is 9.97 Å². The molecule has 2 aromatic heterocycles. The van der Waals surface area contributed by atoms with Gasteiger partial charge < -0.3 is 5.73 Å². The molecule has 2 N–H and O–H groups in total. The Balaban J connectivity index is 2.42. The number of fused-ring (bicyclic) bond motifs is 1. The van der Waals surface area contributed by atoms with Gasteiger partial charge in [0.05, 0.1) is 6.42 Å². The Morgan fingerprint density at radius 1 is 1.62 bits per heavy atom. The maximum absolute atomic E-state index is 10.6. The molecule has 0 aliphatic rings. The summed E-state index contributed by atoms with van der Waals surface area (Å²) in [7, 11) is 0. The molecule has 0 radical (unpaired) electrons. The van der Waals surface area contributed by atoms with Gasteiger partial charge in [-0.1, -0.05) is 0 Å². The second-order valence-electron chi connectivity index (χ2n) is 2.61. The first kappa shape index (κ1) is 8.12. The Bertz CT molecular complexity index is 451. The van der Waals surface area contributed by atoms with Crippen molar-refractivity contribution in [1.29, 1.82) is 0 Å². The highest BCUT2D eigenvalue weighted by molar-refractivity contribution is 7.16. The number of primary amides is 1. The van der Waals surface area contributed by atoms with E-state index < -0.39 is 5.91 Å². The Hall–Kier alpha value is -1.49. The fourth-order valence-corrected chi connectivity index (χ4v) is 1.79. The third kappa shape index (κ3) is 1.65. The molecule has 0 saturated heterocycles. The number of aromatic nitrogens is 2. The molecule has 2 aromatic rings. The first-order chi connectivity index (χ1) is 6.25. The number of carbonyl (C=O) groups is 1. The number of nitrogens with two attached hydrogens (primary N) is 1. The van der Waals surface area contributed by atoms with Crippen LogP contribution in [0.4, 0.5) is 0 Å². The number of amides is 1. The molecule has 0 aliphatic carbocycles. The minimum atomic E-state index is -0.407. The third-order valence-corrected chi connectivity index (χ3v) is 2.41. The molecule has 0 bridgehead atoms. The molecular weight excluding hydrogens is 186 g/mol. The predicted octanol–water partition coefficient (Wildman–Crippen LogP) is 0.719. The van der Waals surface area contributed by atoms with Gasteiger partial charge in [0.2, 0.25) is 5.91 Å². The van der Waals surface area contributed by atoms with Crippen LogP contribution in [0.5, 0.6) is 0 Å². The number of rotatable bonds is 2. The molecule has 5 heteroatoms. The van der Waals surface area contributed by atoms with Crippen LogP contribution in [0.25, 0.3) is 10.2 Å². The normalized spacial score (nSPS) is 10.5. The van der Waals surface area contributed by atoms with Crippen LogP contribution < -0.4 is 5.73 Å². The number of thiophene rings is 1. The Morgan fingerprint density at radius 3 is 3.23 bits per heavy atom. The average Bonchev–Trinajstić information content (AvgIpc) is 2.49. The predicted molar refractivity (Wildman–Crippen MR) is 50.3 cm³/mol. The SMILES string of the molecule is NC(=O)Cc1ncc2ccsc2n1. The lowest BCUT2D eigenvalue weighted by atomic mass is 10.3. The van der Waals surface area contributed by atoms with Gasteiger partial charge in [0.15, 0.2) is 0 Å². The molecular formula is C8H7N3OS. The summed E-state index contributed by atoms with van der Waals surface area (Å²) in [5, 5.41) is 2.94. The lowest BCUT2D eigenvalue weighted by Crippen LogP contribution is -2.15. The Kier molecular flexibility index (Phi) is 1.94. The van der Waals surface area contributed by atoms with E-state index in [9.17, 15) is 4.79 Å². The minimum absolute atomic E-state index is 0.105. The zero-order valence-electron chi connectivity index (χ0n) is 6.73. The third-order valence-electron chi connectivity index (χ3n) is 1.59. The van der Waals surface area contributed by atoms with Crippen molar-refractivity contribution in [2.75, 3.05) is 0 Å². The number of hydrogen-bond acceptors (Lipinski definition) is 4. The van der Waals surface area contributed by atoms with E-state index in [1.807, 2.05) is 11.4 Å². The van der Waals surface area contributed by atoms with Crippen molar-refractivity contribution < 1.29 is 4.79 Å². The lowest BCUT2D eigenvalue weighted by Gasteiger charge is -1.94. The standard InChI is InChI=1S/C8H7N3OS/c9-6(12)3-7-10-4-5-1-2-13-8(5)11-7/h1-2,4H,3H2,(H2,9,12). The summed E-state index contributed by atoms with van der Waals surface area (Å²) in [6, 6.07) is 1.94. The maximum atomic E-state index is 10.6. The average molecular weight is 193 g/mol. The zero-order chi connectivity index (χ0) is 9.26. The van der Waals surface area contributed by atoms with Gasteiger partial charge in [0.25, 0.3) is 0 Å². The molecule has 0 aromatic carbocycles. The second kappa shape index (κ2) is 3.10. The summed E-state index contributed by atoms with van der Waals surface area (Å²) in [4.78, 5) is 19.7. The van der Waals surface area contributed by atoms with E-state index in [0.717, 1.165) is 10.2 Å². The van der Waals surface area contributed by atoms with Crippen LogP contribution in [0, 0.1) is 0 Å². The molecule has 66 valence electrons. The van der Waals surface area contributed by atoms with Crippen LogP contribution >= 0.6 is 11.3 Å². The number of hydrogen-bond donors (Lipinski definition) is 1. The first-order valence-corrected chi connectivity index (χ1v) is 4.61. The summed E-state index contributed by atoms with van der Waals surface area (Å²) in [6.45, 7) is 0. The molecule has 1 amide bonds. The van der Waals surface area contributed by atoms with E-state index in [0.29, 0.717) is 5.82 Å². The van der Waals surface area contributed by atoms with Gasteiger partial charge in [0, 0.05) is 11.6 Å². The smallest absolute Gasteiger partial charge is 0.225 e. The molecule has 0 spiro atoms. The van der Waals surface area contributed by atoms with Gasteiger partial charge in [-0.3, -0.25) is 4.79 Å². The molecule has 2 rings (SSSR count). The van der Waals surface area contributed by atoms with E-state index in [-0.39, 0.29) is 6.42 Å². The lowest BCUT2D eigenvalue weighted by molar-refractivity contribution is -0.117. The van der Waals surface area contributed by atoms with E-state index in [2.05, 4.69) is 9.97 Å². The summed E-state index contributed by atoms with van der Waals surface area (Å²) in [5.74, 6) is 0.0818. The second-order valence-corrected chi connectivity index (χ2v) is 3.50. The van der Waals surface area contributed by atoms with Crippen molar-refractivity contribution in [2.45, 2.75) is 6.42 Å². The summed E-state index contributed by atoms with van der Waals surface area (Å²) in [5.41, 5.74) is 5.03. The molecule has 4 nitrogen and oxygen atoms in total. The summed E-state index contributed by atoms with van der Waals surface area (Å²) < 4.78 is 0. The molecule has 0 fully saturated rings. The molecule has 0 aliphatic heterocycles. The fraction of sp³-hybridized carbons (Fsp3) is 0.125. The monoisotopic (exact) mass is 193 g/mol. The largest absolute Gasteiger partial charge is 0.369 e. The highest BCUT2D eigenvalue weighted by Gasteiger charge is 2.03. The molecule has 0 saturated carbocycles. The van der Waals surface area contributed by atoms with Crippen molar-refractivity contribution in [2.24, 2.45) is 5.73 Å². The maximum Gasteiger partial charge on any atom is 0.225 e. The van der Waals surface area contributed by atoms with E-state index >= 15 is 0 Å². The number of nitrogens with zero attached hydrogens (tertiary/aromatic N) is 2. The Morgan fingerprint density at radius 2 is 2.46 bits per heavy atom. The van der Waals surface area contributed by atoms with Gasteiger partial charge in [-0.2, -0.15) is 0 Å². The van der Waals surface area contributed by atoms with Crippen LogP contribution in [0.1, 0.15) is 5.82 Å². The fourth-order valence-electron chi connectivity index (χ4n) is 1.03. The van der Waals surface area contributed by atoms with E-state index in [4.69, 9.17) is 5.73 Å². The van der Waals surface area contributed by atoms with Crippen LogP contribution in [0.3, 0.4) is 0 Å². The van der Waals surface area contributed by atoms with E-state index in [1.54, 1.807) is 6.20 Å². The van der Waals surface area contributed by atoms with Crippen molar-refractivity contribution >= 4 is 27.5 Å². The summed E-state index contributed by atoms with van der Waals surface area (Å²) in [6.07, 6.45) is 1.81. The highest BCUT2D eigenvalue weighted by atomic mass is 32.1. The van der Waals surface area contributed by atoms with Gasteiger partial charge in [-0.25, -0.2) is 9.97 Å². The van der Waals surface area contributed by atoms with Crippen LogP contribution in [0.2, 0.25) is 0 Å².